The quantitative estimate of drug-likeness (QED) is 0.606. The second-order valence-corrected chi connectivity index (χ2v) is 7.90. The Kier molecular flexibility index (Phi) is 6.24. The van der Waals surface area contributed by atoms with Gasteiger partial charge in [0, 0.05) is 16.9 Å². The van der Waals surface area contributed by atoms with Crippen LogP contribution in [0.1, 0.15) is 13.8 Å². The Morgan fingerprint density at radius 3 is 2.33 bits per heavy atom. The first-order valence-corrected chi connectivity index (χ1v) is 9.39. The van der Waals surface area contributed by atoms with Gasteiger partial charge in [-0.1, -0.05) is 0 Å². The first-order valence-electron chi connectivity index (χ1n) is 6.52. The van der Waals surface area contributed by atoms with Gasteiger partial charge in [-0.15, -0.1) is 11.8 Å². The molecule has 0 saturated heterocycles. The summed E-state index contributed by atoms with van der Waals surface area (Å²) in [6.07, 6.45) is 1.17. The first kappa shape index (κ1) is 18.0. The lowest BCUT2D eigenvalue weighted by Crippen LogP contribution is -2.50. The van der Waals surface area contributed by atoms with Gasteiger partial charge in [0.1, 0.15) is 5.54 Å². The number of thioether (sulfide) groups is 1. The normalized spacial score (nSPS) is 14.5. The van der Waals surface area contributed by atoms with Crippen molar-refractivity contribution in [2.75, 3.05) is 25.7 Å². The molecule has 0 fully saturated rings. The lowest BCUT2D eigenvalue weighted by molar-refractivity contribution is -0.149. The molecular weight excluding hydrogens is 310 g/mol. The van der Waals surface area contributed by atoms with Gasteiger partial charge in [-0.05, 0) is 45.2 Å². The van der Waals surface area contributed by atoms with Crippen molar-refractivity contribution in [3.63, 3.8) is 0 Å². The number of hydrogen-bond acceptors (Lipinski definition) is 6. The number of carbonyl (C=O) groups excluding carboxylic acids is 1. The predicted octanol–water partition coefficient (Wildman–Crippen LogP) is 1.72. The van der Waals surface area contributed by atoms with Crippen molar-refractivity contribution in [2.45, 2.75) is 29.2 Å². The molecule has 0 aliphatic carbocycles. The van der Waals surface area contributed by atoms with Crippen molar-refractivity contribution in [3.8, 4) is 0 Å². The highest BCUT2D eigenvalue weighted by Gasteiger charge is 2.33. The van der Waals surface area contributed by atoms with Crippen molar-refractivity contribution in [1.29, 1.82) is 0 Å². The van der Waals surface area contributed by atoms with E-state index in [0.717, 1.165) is 4.90 Å². The van der Waals surface area contributed by atoms with Gasteiger partial charge in [0.15, 0.2) is 9.84 Å². The average Bonchev–Trinajstić information content (AvgIpc) is 2.44. The van der Waals surface area contributed by atoms with E-state index in [1.165, 1.54) is 18.0 Å². The number of carbonyl (C=O) groups is 1. The Morgan fingerprint density at radius 2 is 1.90 bits per heavy atom. The number of sulfone groups is 1. The zero-order chi connectivity index (χ0) is 16.1. The molecule has 1 N–H and O–H groups in total. The fourth-order valence-electron chi connectivity index (χ4n) is 1.53. The number of benzene rings is 1. The van der Waals surface area contributed by atoms with Crippen molar-refractivity contribution in [3.05, 3.63) is 24.3 Å². The monoisotopic (exact) mass is 331 g/mol. The minimum Gasteiger partial charge on any atom is -0.465 e. The number of likely N-dealkylation sites (N-methyl/N-ethyl adjacent to an activating group) is 1. The van der Waals surface area contributed by atoms with E-state index in [9.17, 15) is 13.2 Å². The zero-order valence-corrected chi connectivity index (χ0v) is 14.3. The second-order valence-electron chi connectivity index (χ2n) is 4.83. The lowest BCUT2D eigenvalue weighted by atomic mass is 10.1. The Labute approximate surface area is 130 Å². The molecule has 0 amide bonds. The Morgan fingerprint density at radius 1 is 1.33 bits per heavy atom. The second kappa shape index (κ2) is 7.29. The van der Waals surface area contributed by atoms with E-state index in [1.54, 1.807) is 45.2 Å². The molecule has 0 aliphatic heterocycles. The molecule has 118 valence electrons. The molecule has 0 aliphatic rings. The van der Waals surface area contributed by atoms with E-state index < -0.39 is 15.4 Å². The summed E-state index contributed by atoms with van der Waals surface area (Å²) < 4.78 is 27.8. The third-order valence-corrected chi connectivity index (χ3v) is 5.51. The van der Waals surface area contributed by atoms with Gasteiger partial charge in [0.05, 0.1) is 11.5 Å². The van der Waals surface area contributed by atoms with Crippen LogP contribution in [0.5, 0.6) is 0 Å². The maximum atomic E-state index is 11.9. The molecule has 1 atom stereocenters. The average molecular weight is 331 g/mol. The van der Waals surface area contributed by atoms with Crippen LogP contribution in [-0.2, 0) is 19.4 Å². The molecule has 0 aromatic heterocycles. The summed E-state index contributed by atoms with van der Waals surface area (Å²) in [6, 6.07) is 6.61. The third kappa shape index (κ3) is 5.01. The van der Waals surface area contributed by atoms with Gasteiger partial charge in [-0.3, -0.25) is 4.79 Å². The van der Waals surface area contributed by atoms with Crippen molar-refractivity contribution >= 4 is 27.6 Å². The van der Waals surface area contributed by atoms with Crippen LogP contribution in [0, 0.1) is 0 Å². The van der Waals surface area contributed by atoms with Gasteiger partial charge >= 0.3 is 5.97 Å². The molecule has 1 aromatic carbocycles. The molecule has 21 heavy (non-hydrogen) atoms. The summed E-state index contributed by atoms with van der Waals surface area (Å²) in [5.74, 6) is 0.188. The van der Waals surface area contributed by atoms with Crippen LogP contribution in [0.15, 0.2) is 34.1 Å². The molecule has 1 rings (SSSR count). The Balaban J connectivity index is 2.76. The fourth-order valence-corrected chi connectivity index (χ4v) is 3.21. The summed E-state index contributed by atoms with van der Waals surface area (Å²) in [5.41, 5.74) is -0.782. The SMILES string of the molecule is CCOC(=O)C(C)(CSc1ccc(S(C)(=O)=O)cc1)NC. The van der Waals surface area contributed by atoms with Gasteiger partial charge in [-0.25, -0.2) is 8.42 Å². The van der Waals surface area contributed by atoms with Crippen LogP contribution >= 0.6 is 11.8 Å². The molecular formula is C14H21NO4S2. The highest BCUT2D eigenvalue weighted by molar-refractivity contribution is 7.99. The number of esters is 1. The van der Waals surface area contributed by atoms with E-state index in [-0.39, 0.29) is 10.9 Å². The summed E-state index contributed by atoms with van der Waals surface area (Å²) in [5, 5.41) is 2.98. The maximum Gasteiger partial charge on any atom is 0.326 e. The van der Waals surface area contributed by atoms with Crippen molar-refractivity contribution < 1.29 is 17.9 Å². The van der Waals surface area contributed by atoms with E-state index in [1.807, 2.05) is 0 Å². The van der Waals surface area contributed by atoms with E-state index in [2.05, 4.69) is 5.32 Å². The smallest absolute Gasteiger partial charge is 0.326 e. The molecule has 0 spiro atoms. The first-order chi connectivity index (χ1) is 9.73. The van der Waals surface area contributed by atoms with Crippen molar-refractivity contribution in [1.82, 2.24) is 5.32 Å². The highest BCUT2D eigenvalue weighted by Crippen LogP contribution is 2.24. The standard InChI is InChI=1S/C14H21NO4S2/c1-5-19-13(16)14(2,15-3)10-20-11-6-8-12(9-7-11)21(4,17)18/h6-9,15H,5,10H2,1-4H3. The van der Waals surface area contributed by atoms with Crippen LogP contribution in [-0.4, -0.2) is 45.6 Å². The summed E-state index contributed by atoms with van der Waals surface area (Å²) in [6.45, 7) is 3.89. The number of hydrogen-bond donors (Lipinski definition) is 1. The number of ether oxygens (including phenoxy) is 1. The third-order valence-electron chi connectivity index (χ3n) is 3.06. The van der Waals surface area contributed by atoms with Gasteiger partial charge < -0.3 is 10.1 Å². The number of nitrogens with one attached hydrogen (secondary N) is 1. The summed E-state index contributed by atoms with van der Waals surface area (Å²) in [7, 11) is -1.47. The lowest BCUT2D eigenvalue weighted by Gasteiger charge is -2.26. The number of rotatable bonds is 7. The van der Waals surface area contributed by atoms with E-state index in [0.29, 0.717) is 12.4 Å². The molecule has 0 radical (unpaired) electrons. The maximum absolute atomic E-state index is 11.9. The fraction of sp³-hybridized carbons (Fsp3) is 0.500. The van der Waals surface area contributed by atoms with Crippen LogP contribution in [0.2, 0.25) is 0 Å². The molecule has 5 nitrogen and oxygen atoms in total. The van der Waals surface area contributed by atoms with Crippen LogP contribution in [0.4, 0.5) is 0 Å². The summed E-state index contributed by atoms with van der Waals surface area (Å²) >= 11 is 1.47. The molecule has 7 heteroatoms. The minimum absolute atomic E-state index is 0.286. The topological polar surface area (TPSA) is 72.5 Å². The van der Waals surface area contributed by atoms with Gasteiger partial charge in [-0.2, -0.15) is 0 Å². The molecule has 1 aromatic rings. The van der Waals surface area contributed by atoms with Crippen LogP contribution < -0.4 is 5.32 Å². The molecule has 0 saturated carbocycles. The highest BCUT2D eigenvalue weighted by atomic mass is 32.2. The minimum atomic E-state index is -3.18. The van der Waals surface area contributed by atoms with Crippen LogP contribution in [0.3, 0.4) is 0 Å². The molecule has 1 unspecified atom stereocenters. The van der Waals surface area contributed by atoms with Gasteiger partial charge in [0.2, 0.25) is 0 Å². The van der Waals surface area contributed by atoms with E-state index >= 15 is 0 Å². The van der Waals surface area contributed by atoms with Gasteiger partial charge in [0.25, 0.3) is 0 Å². The molecule has 0 bridgehead atoms. The van der Waals surface area contributed by atoms with Crippen LogP contribution in [0.25, 0.3) is 0 Å². The van der Waals surface area contributed by atoms with E-state index in [4.69, 9.17) is 4.74 Å². The predicted molar refractivity (Wildman–Crippen MR) is 84.4 cm³/mol. The zero-order valence-electron chi connectivity index (χ0n) is 12.7. The summed E-state index contributed by atoms with van der Waals surface area (Å²) in [4.78, 5) is 13.1. The van der Waals surface area contributed by atoms with Crippen molar-refractivity contribution in [2.24, 2.45) is 0 Å². The Bertz CT molecular complexity index is 583. The Hall–Kier alpha value is -1.05. The largest absolute Gasteiger partial charge is 0.465 e. The molecule has 0 heterocycles.